The lowest BCUT2D eigenvalue weighted by Gasteiger charge is -2.07. The monoisotopic (exact) mass is 346 g/mol. The maximum Gasteiger partial charge on any atom is 0.280 e. The first kappa shape index (κ1) is 15.4. The molecule has 0 N–H and O–H groups in total. The number of pyridine rings is 2. The van der Waals surface area contributed by atoms with Gasteiger partial charge in [-0.05, 0) is 24.3 Å². The van der Waals surface area contributed by atoms with Crippen LogP contribution in [-0.4, -0.2) is 20.4 Å². The summed E-state index contributed by atoms with van der Waals surface area (Å²) in [5.41, 5.74) is 2.96. The molecule has 3 aromatic heterocycles. The predicted octanol–water partition coefficient (Wildman–Crippen LogP) is 3.44. The Morgan fingerprint density at radius 1 is 1.16 bits per heavy atom. The van der Waals surface area contributed by atoms with Crippen LogP contribution in [0.5, 0.6) is 0 Å². The van der Waals surface area contributed by atoms with Gasteiger partial charge in [0.15, 0.2) is 4.80 Å². The highest BCUT2D eigenvalue weighted by molar-refractivity contribution is 7.07. The molecule has 1 amide bonds. The van der Waals surface area contributed by atoms with E-state index in [9.17, 15) is 4.79 Å². The standard InChI is InChI=1S/C19H14N4OS/c1-23-10-11-25-19(23)22-18(24)15-12-17(13-6-8-20-9-7-13)21-16-5-3-2-4-14(15)16/h2-12H,1H3. The number of carbonyl (C=O) groups is 1. The lowest BCUT2D eigenvalue weighted by molar-refractivity contribution is 0.0999. The van der Waals surface area contributed by atoms with Gasteiger partial charge in [0.1, 0.15) is 0 Å². The highest BCUT2D eigenvalue weighted by Gasteiger charge is 2.13. The molecule has 25 heavy (non-hydrogen) atoms. The minimum Gasteiger partial charge on any atom is -0.327 e. The summed E-state index contributed by atoms with van der Waals surface area (Å²) in [6.07, 6.45) is 5.30. The van der Waals surface area contributed by atoms with Crippen molar-refractivity contribution < 1.29 is 4.79 Å². The molecular formula is C19H14N4OS. The zero-order valence-electron chi connectivity index (χ0n) is 13.5. The van der Waals surface area contributed by atoms with Crippen molar-refractivity contribution in [3.63, 3.8) is 0 Å². The molecule has 3 heterocycles. The van der Waals surface area contributed by atoms with Crippen molar-refractivity contribution in [2.75, 3.05) is 0 Å². The second-order valence-corrected chi connectivity index (χ2v) is 6.39. The molecular weight excluding hydrogens is 332 g/mol. The number of aromatic nitrogens is 3. The summed E-state index contributed by atoms with van der Waals surface area (Å²) in [5, 5.41) is 2.70. The first-order valence-electron chi connectivity index (χ1n) is 7.72. The molecule has 0 aliphatic carbocycles. The maximum absolute atomic E-state index is 12.8. The van der Waals surface area contributed by atoms with Crippen molar-refractivity contribution in [3.8, 4) is 11.3 Å². The van der Waals surface area contributed by atoms with E-state index in [2.05, 4.69) is 15.0 Å². The third kappa shape index (κ3) is 2.99. The van der Waals surface area contributed by atoms with E-state index >= 15 is 0 Å². The fourth-order valence-electron chi connectivity index (χ4n) is 2.60. The first-order chi connectivity index (χ1) is 12.2. The van der Waals surface area contributed by atoms with Crippen LogP contribution in [0, 0.1) is 0 Å². The van der Waals surface area contributed by atoms with E-state index in [1.165, 1.54) is 11.3 Å². The van der Waals surface area contributed by atoms with Crippen LogP contribution in [-0.2, 0) is 7.05 Å². The normalized spacial score (nSPS) is 11.8. The van der Waals surface area contributed by atoms with Gasteiger partial charge >= 0.3 is 0 Å². The summed E-state index contributed by atoms with van der Waals surface area (Å²) in [6.45, 7) is 0. The van der Waals surface area contributed by atoms with Gasteiger partial charge < -0.3 is 4.57 Å². The smallest absolute Gasteiger partial charge is 0.280 e. The van der Waals surface area contributed by atoms with E-state index < -0.39 is 0 Å². The van der Waals surface area contributed by atoms with Crippen LogP contribution in [0.25, 0.3) is 22.2 Å². The van der Waals surface area contributed by atoms with E-state index in [-0.39, 0.29) is 5.91 Å². The van der Waals surface area contributed by atoms with Gasteiger partial charge in [0.25, 0.3) is 5.91 Å². The average Bonchev–Trinajstić information content (AvgIpc) is 3.06. The number of aryl methyl sites for hydroxylation is 1. The number of fused-ring (bicyclic) bond motifs is 1. The summed E-state index contributed by atoms with van der Waals surface area (Å²) < 4.78 is 1.83. The van der Waals surface area contributed by atoms with Gasteiger partial charge in [0, 0.05) is 42.0 Å². The van der Waals surface area contributed by atoms with Crippen LogP contribution < -0.4 is 4.80 Å². The van der Waals surface area contributed by atoms with Gasteiger partial charge in [0.2, 0.25) is 0 Å². The van der Waals surface area contributed by atoms with Crippen LogP contribution in [0.1, 0.15) is 10.4 Å². The van der Waals surface area contributed by atoms with Crippen LogP contribution in [0.4, 0.5) is 0 Å². The second kappa shape index (κ2) is 6.41. The summed E-state index contributed by atoms with van der Waals surface area (Å²) in [7, 11) is 1.87. The van der Waals surface area contributed by atoms with Crippen LogP contribution >= 0.6 is 11.3 Å². The van der Waals surface area contributed by atoms with Crippen LogP contribution in [0.3, 0.4) is 0 Å². The molecule has 0 saturated carbocycles. The molecule has 0 aliphatic heterocycles. The molecule has 0 saturated heterocycles. The van der Waals surface area contributed by atoms with E-state index in [0.717, 1.165) is 22.2 Å². The Labute approximate surface area is 148 Å². The SMILES string of the molecule is Cn1ccsc1=NC(=O)c1cc(-c2ccncc2)nc2ccccc12. The molecule has 122 valence electrons. The molecule has 1 aromatic carbocycles. The predicted molar refractivity (Wildman–Crippen MR) is 98.2 cm³/mol. The van der Waals surface area contributed by atoms with Crippen molar-refractivity contribution in [3.05, 3.63) is 76.8 Å². The highest BCUT2D eigenvalue weighted by atomic mass is 32.1. The maximum atomic E-state index is 12.8. The molecule has 0 atom stereocenters. The molecule has 0 fully saturated rings. The average molecular weight is 346 g/mol. The molecule has 0 radical (unpaired) electrons. The van der Waals surface area contributed by atoms with Gasteiger partial charge in [-0.25, -0.2) is 4.98 Å². The molecule has 6 heteroatoms. The fraction of sp³-hybridized carbons (Fsp3) is 0.0526. The highest BCUT2D eigenvalue weighted by Crippen LogP contribution is 2.25. The Morgan fingerprint density at radius 2 is 1.96 bits per heavy atom. The molecule has 0 spiro atoms. The van der Waals surface area contributed by atoms with Gasteiger partial charge in [0.05, 0.1) is 16.8 Å². The number of hydrogen-bond donors (Lipinski definition) is 0. The topological polar surface area (TPSA) is 60.1 Å². The van der Waals surface area contributed by atoms with Crippen LogP contribution in [0.15, 0.2) is 71.4 Å². The zero-order valence-corrected chi connectivity index (χ0v) is 14.3. The number of amides is 1. The fourth-order valence-corrected chi connectivity index (χ4v) is 3.33. The zero-order chi connectivity index (χ0) is 17.2. The number of rotatable bonds is 2. The second-order valence-electron chi connectivity index (χ2n) is 5.52. The minimum absolute atomic E-state index is 0.271. The summed E-state index contributed by atoms with van der Waals surface area (Å²) in [6, 6.07) is 13.2. The third-order valence-electron chi connectivity index (χ3n) is 3.88. The van der Waals surface area contributed by atoms with Crippen molar-refractivity contribution >= 4 is 28.1 Å². The van der Waals surface area contributed by atoms with E-state index in [0.29, 0.717) is 10.4 Å². The van der Waals surface area contributed by atoms with E-state index in [1.807, 2.05) is 59.6 Å². The van der Waals surface area contributed by atoms with Crippen LogP contribution in [0.2, 0.25) is 0 Å². The Kier molecular flexibility index (Phi) is 3.95. The molecule has 0 unspecified atom stereocenters. The number of benzene rings is 1. The number of para-hydroxylation sites is 1. The van der Waals surface area contributed by atoms with Gasteiger partial charge in [-0.3, -0.25) is 9.78 Å². The van der Waals surface area contributed by atoms with Gasteiger partial charge in [-0.15, -0.1) is 11.3 Å². The van der Waals surface area contributed by atoms with Gasteiger partial charge in [-0.1, -0.05) is 18.2 Å². The molecule has 4 aromatic rings. The Bertz CT molecular complexity index is 1130. The van der Waals surface area contributed by atoms with Crippen molar-refractivity contribution in [1.82, 2.24) is 14.5 Å². The van der Waals surface area contributed by atoms with E-state index in [4.69, 9.17) is 0 Å². The Hall–Kier alpha value is -3.12. The molecule has 0 bridgehead atoms. The number of nitrogens with zero attached hydrogens (tertiary/aromatic N) is 4. The summed E-state index contributed by atoms with van der Waals surface area (Å²) in [5.74, 6) is -0.271. The first-order valence-corrected chi connectivity index (χ1v) is 8.60. The van der Waals surface area contributed by atoms with Gasteiger partial charge in [-0.2, -0.15) is 4.99 Å². The lowest BCUT2D eigenvalue weighted by Crippen LogP contribution is -2.13. The minimum atomic E-state index is -0.271. The van der Waals surface area contributed by atoms with Crippen molar-refractivity contribution in [1.29, 1.82) is 0 Å². The summed E-state index contributed by atoms with van der Waals surface area (Å²) in [4.78, 5) is 26.5. The number of thiazole rings is 1. The molecule has 0 aliphatic rings. The van der Waals surface area contributed by atoms with Crippen molar-refractivity contribution in [2.24, 2.45) is 12.0 Å². The largest absolute Gasteiger partial charge is 0.327 e. The lowest BCUT2D eigenvalue weighted by atomic mass is 10.0. The van der Waals surface area contributed by atoms with E-state index in [1.54, 1.807) is 18.5 Å². The Morgan fingerprint density at radius 3 is 2.72 bits per heavy atom. The molecule has 5 nitrogen and oxygen atoms in total. The molecule has 4 rings (SSSR count). The Balaban J connectivity index is 1.93. The quantitative estimate of drug-likeness (QED) is 0.559. The third-order valence-corrected chi connectivity index (χ3v) is 4.73. The van der Waals surface area contributed by atoms with Crippen molar-refractivity contribution in [2.45, 2.75) is 0 Å². The number of carbonyl (C=O) groups excluding carboxylic acids is 1. The summed E-state index contributed by atoms with van der Waals surface area (Å²) >= 11 is 1.43. The number of hydrogen-bond acceptors (Lipinski definition) is 4.